The molecule has 2 atom stereocenters. The largest absolute Gasteiger partial charge is 0.493 e. The van der Waals surface area contributed by atoms with Crippen LogP contribution in [0.2, 0.25) is 0 Å². The van der Waals surface area contributed by atoms with Crippen LogP contribution in [0.5, 0.6) is 11.5 Å². The number of hydrogen-bond acceptors (Lipinski definition) is 5. The van der Waals surface area contributed by atoms with Gasteiger partial charge in [-0.3, -0.25) is 4.99 Å². The Kier molecular flexibility index (Phi) is 9.37. The molecule has 2 unspecified atom stereocenters. The van der Waals surface area contributed by atoms with Crippen molar-refractivity contribution in [3.05, 3.63) is 24.3 Å². The molecular weight excluding hydrogens is 354 g/mol. The average Bonchev–Trinajstić information content (AvgIpc) is 2.70. The molecular formula is C21H37N5O2. The molecule has 2 rings (SSSR count). The number of benzene rings is 1. The fourth-order valence-corrected chi connectivity index (χ4v) is 3.24. The maximum Gasteiger partial charge on any atom is 0.191 e. The molecule has 1 saturated heterocycles. The molecule has 1 aromatic rings. The smallest absolute Gasteiger partial charge is 0.191 e. The van der Waals surface area contributed by atoms with Crippen molar-refractivity contribution >= 4 is 5.96 Å². The van der Waals surface area contributed by atoms with Gasteiger partial charge < -0.3 is 29.9 Å². The van der Waals surface area contributed by atoms with E-state index in [0.29, 0.717) is 12.5 Å². The Balaban J connectivity index is 1.69. The number of nitrogens with one attached hydrogen (secondary N) is 2. The molecule has 1 aliphatic rings. The molecule has 158 valence electrons. The molecule has 0 amide bonds. The van der Waals surface area contributed by atoms with E-state index in [4.69, 9.17) is 9.47 Å². The summed E-state index contributed by atoms with van der Waals surface area (Å²) in [6.45, 7) is 11.6. The van der Waals surface area contributed by atoms with Gasteiger partial charge in [-0.25, -0.2) is 0 Å². The van der Waals surface area contributed by atoms with E-state index < -0.39 is 0 Å². The number of guanidine groups is 1. The van der Waals surface area contributed by atoms with Gasteiger partial charge in [0.15, 0.2) is 17.5 Å². The Morgan fingerprint density at radius 2 is 1.71 bits per heavy atom. The van der Waals surface area contributed by atoms with Gasteiger partial charge in [-0.1, -0.05) is 19.1 Å². The van der Waals surface area contributed by atoms with E-state index >= 15 is 0 Å². The van der Waals surface area contributed by atoms with E-state index in [1.807, 2.05) is 31.2 Å². The Hall–Kier alpha value is -1.99. The highest BCUT2D eigenvalue weighted by atomic mass is 16.5. The van der Waals surface area contributed by atoms with Gasteiger partial charge in [-0.15, -0.1) is 0 Å². The number of hydrogen-bond donors (Lipinski definition) is 2. The standard InChI is InChI=1S/C21H37N5O2/c1-17(16-26-12-10-25(4)11-13-26)14-23-21(22-3)24-15-18(2)28-20-9-7-6-8-19(20)27-5/h6-9,17-18H,10-16H2,1-5H3,(H2,22,23,24). The Morgan fingerprint density at radius 3 is 2.36 bits per heavy atom. The lowest BCUT2D eigenvalue weighted by Crippen LogP contribution is -2.48. The summed E-state index contributed by atoms with van der Waals surface area (Å²) in [7, 11) is 5.64. The molecule has 1 fully saturated rings. The molecule has 1 aliphatic heterocycles. The summed E-state index contributed by atoms with van der Waals surface area (Å²) in [5.74, 6) is 2.86. The quantitative estimate of drug-likeness (QED) is 0.492. The van der Waals surface area contributed by atoms with E-state index in [9.17, 15) is 0 Å². The third kappa shape index (κ3) is 7.56. The number of methoxy groups -OCH3 is 1. The van der Waals surface area contributed by atoms with Gasteiger partial charge in [0, 0.05) is 46.3 Å². The summed E-state index contributed by atoms with van der Waals surface area (Å²) in [4.78, 5) is 9.26. The number of likely N-dealkylation sites (N-methyl/N-ethyl adjacent to an activating group) is 1. The third-order valence-electron chi connectivity index (χ3n) is 4.96. The molecule has 0 saturated carbocycles. The van der Waals surface area contributed by atoms with Crippen LogP contribution < -0.4 is 20.1 Å². The minimum absolute atomic E-state index is 0.0161. The van der Waals surface area contributed by atoms with Gasteiger partial charge in [-0.05, 0) is 32.0 Å². The van der Waals surface area contributed by atoms with Crippen LogP contribution >= 0.6 is 0 Å². The number of rotatable bonds is 9. The lowest BCUT2D eigenvalue weighted by molar-refractivity contribution is 0.139. The zero-order chi connectivity index (χ0) is 20.4. The van der Waals surface area contributed by atoms with Crippen LogP contribution in [0, 0.1) is 5.92 Å². The molecule has 0 aromatic heterocycles. The Labute approximate surface area is 170 Å². The lowest BCUT2D eigenvalue weighted by Gasteiger charge is -2.34. The summed E-state index contributed by atoms with van der Waals surface area (Å²) >= 11 is 0. The average molecular weight is 392 g/mol. The number of ether oxygens (including phenoxy) is 2. The third-order valence-corrected chi connectivity index (χ3v) is 4.96. The summed E-state index contributed by atoms with van der Waals surface area (Å²) < 4.78 is 11.3. The van der Waals surface area contributed by atoms with Gasteiger partial charge in [0.05, 0.1) is 13.7 Å². The van der Waals surface area contributed by atoms with Crippen molar-refractivity contribution < 1.29 is 9.47 Å². The molecule has 7 nitrogen and oxygen atoms in total. The minimum atomic E-state index is -0.0161. The van der Waals surface area contributed by atoms with Crippen molar-refractivity contribution in [2.24, 2.45) is 10.9 Å². The first-order chi connectivity index (χ1) is 13.5. The van der Waals surface area contributed by atoms with Gasteiger partial charge in [0.2, 0.25) is 0 Å². The Morgan fingerprint density at radius 1 is 1.07 bits per heavy atom. The van der Waals surface area contributed by atoms with Gasteiger partial charge in [0.25, 0.3) is 0 Å². The number of piperazine rings is 1. The minimum Gasteiger partial charge on any atom is -0.493 e. The molecule has 1 aromatic carbocycles. The molecule has 0 bridgehead atoms. The second-order valence-corrected chi connectivity index (χ2v) is 7.62. The van der Waals surface area contributed by atoms with Crippen LogP contribution in [0.3, 0.4) is 0 Å². The van der Waals surface area contributed by atoms with Crippen LogP contribution in [0.1, 0.15) is 13.8 Å². The lowest BCUT2D eigenvalue weighted by atomic mass is 10.1. The van der Waals surface area contributed by atoms with E-state index in [-0.39, 0.29) is 6.10 Å². The second kappa shape index (κ2) is 11.8. The van der Waals surface area contributed by atoms with E-state index in [1.54, 1.807) is 14.2 Å². The summed E-state index contributed by atoms with van der Waals surface area (Å²) in [6, 6.07) is 7.70. The highest BCUT2D eigenvalue weighted by Gasteiger charge is 2.16. The van der Waals surface area contributed by atoms with Crippen LogP contribution in [0.25, 0.3) is 0 Å². The molecule has 0 spiro atoms. The van der Waals surface area contributed by atoms with Crippen molar-refractivity contribution in [3.8, 4) is 11.5 Å². The molecule has 0 radical (unpaired) electrons. The first-order valence-electron chi connectivity index (χ1n) is 10.2. The predicted molar refractivity (Wildman–Crippen MR) is 116 cm³/mol. The zero-order valence-corrected chi connectivity index (χ0v) is 18.1. The molecule has 1 heterocycles. The fraction of sp³-hybridized carbons (Fsp3) is 0.667. The summed E-state index contributed by atoms with van der Waals surface area (Å²) in [6.07, 6.45) is -0.0161. The van der Waals surface area contributed by atoms with Crippen molar-refractivity contribution in [3.63, 3.8) is 0 Å². The SMILES string of the molecule is CN=C(NCC(C)CN1CCN(C)CC1)NCC(C)Oc1ccccc1OC. The number of para-hydroxylation sites is 2. The maximum atomic E-state index is 5.99. The van der Waals surface area contributed by atoms with Crippen molar-refractivity contribution in [2.75, 3.05) is 67.0 Å². The van der Waals surface area contributed by atoms with Crippen molar-refractivity contribution in [2.45, 2.75) is 20.0 Å². The highest BCUT2D eigenvalue weighted by Crippen LogP contribution is 2.26. The van der Waals surface area contributed by atoms with Crippen LogP contribution in [0.4, 0.5) is 0 Å². The highest BCUT2D eigenvalue weighted by molar-refractivity contribution is 5.79. The maximum absolute atomic E-state index is 5.99. The number of nitrogens with zero attached hydrogens (tertiary/aromatic N) is 3. The van der Waals surface area contributed by atoms with Crippen molar-refractivity contribution in [1.29, 1.82) is 0 Å². The normalized spacial score (nSPS) is 18.4. The van der Waals surface area contributed by atoms with E-state index in [1.165, 1.54) is 0 Å². The van der Waals surface area contributed by atoms with Crippen LogP contribution in [0.15, 0.2) is 29.3 Å². The first kappa shape index (κ1) is 22.3. The molecule has 0 aliphatic carbocycles. The fourth-order valence-electron chi connectivity index (χ4n) is 3.24. The second-order valence-electron chi connectivity index (χ2n) is 7.62. The Bertz CT molecular complexity index is 602. The van der Waals surface area contributed by atoms with Gasteiger partial charge >= 0.3 is 0 Å². The van der Waals surface area contributed by atoms with Gasteiger partial charge in [-0.2, -0.15) is 0 Å². The molecule has 2 N–H and O–H groups in total. The van der Waals surface area contributed by atoms with Gasteiger partial charge in [0.1, 0.15) is 6.10 Å². The predicted octanol–water partition coefficient (Wildman–Crippen LogP) is 1.51. The molecule has 7 heteroatoms. The zero-order valence-electron chi connectivity index (χ0n) is 18.1. The summed E-state index contributed by atoms with van der Waals surface area (Å²) in [5.41, 5.74) is 0. The first-order valence-corrected chi connectivity index (χ1v) is 10.2. The van der Waals surface area contributed by atoms with Crippen LogP contribution in [-0.4, -0.2) is 88.9 Å². The van der Waals surface area contributed by atoms with E-state index in [0.717, 1.165) is 56.7 Å². The van der Waals surface area contributed by atoms with Crippen molar-refractivity contribution in [1.82, 2.24) is 20.4 Å². The summed E-state index contributed by atoms with van der Waals surface area (Å²) in [5, 5.41) is 6.78. The van der Waals surface area contributed by atoms with Crippen LogP contribution in [-0.2, 0) is 0 Å². The van der Waals surface area contributed by atoms with E-state index in [2.05, 4.69) is 39.4 Å². The number of aliphatic imine (C=N–C) groups is 1. The topological polar surface area (TPSA) is 61.4 Å². The monoisotopic (exact) mass is 391 g/mol. The molecule has 28 heavy (non-hydrogen) atoms.